The molecular formula is C17H26IN5S2. The number of thiazole rings is 1. The van der Waals surface area contributed by atoms with Gasteiger partial charge in [-0.25, -0.2) is 4.98 Å². The number of nitrogens with zero attached hydrogens (tertiary/aromatic N) is 3. The lowest BCUT2D eigenvalue weighted by Gasteiger charge is -2.33. The van der Waals surface area contributed by atoms with Crippen LogP contribution in [-0.2, 0) is 6.54 Å². The Morgan fingerprint density at radius 2 is 2.12 bits per heavy atom. The van der Waals surface area contributed by atoms with E-state index in [0.717, 1.165) is 49.1 Å². The van der Waals surface area contributed by atoms with E-state index in [1.807, 2.05) is 18.4 Å². The van der Waals surface area contributed by atoms with Crippen molar-refractivity contribution in [2.24, 2.45) is 4.99 Å². The second-order valence-corrected chi connectivity index (χ2v) is 8.25. The summed E-state index contributed by atoms with van der Waals surface area (Å²) in [6, 6.07) is 4.81. The number of hydrogen-bond acceptors (Lipinski definition) is 5. The van der Waals surface area contributed by atoms with Gasteiger partial charge in [-0.05, 0) is 44.2 Å². The molecule has 0 aromatic carbocycles. The van der Waals surface area contributed by atoms with E-state index in [2.05, 4.69) is 56.9 Å². The molecule has 0 amide bonds. The largest absolute Gasteiger partial charge is 0.363 e. The van der Waals surface area contributed by atoms with E-state index >= 15 is 0 Å². The summed E-state index contributed by atoms with van der Waals surface area (Å²) in [5, 5.41) is 11.6. The molecule has 1 fully saturated rings. The minimum atomic E-state index is 0. The van der Waals surface area contributed by atoms with Crippen LogP contribution in [0.25, 0.3) is 0 Å². The zero-order valence-corrected chi connectivity index (χ0v) is 18.9. The molecule has 8 heteroatoms. The second-order valence-electron chi connectivity index (χ2n) is 6.03. The van der Waals surface area contributed by atoms with Crippen LogP contribution >= 0.6 is 46.7 Å². The Morgan fingerprint density at radius 1 is 1.36 bits per heavy atom. The first-order chi connectivity index (χ1) is 11.7. The van der Waals surface area contributed by atoms with Crippen molar-refractivity contribution in [2.75, 3.05) is 25.0 Å². The zero-order valence-electron chi connectivity index (χ0n) is 14.9. The monoisotopic (exact) mass is 491 g/mol. The van der Waals surface area contributed by atoms with Crippen molar-refractivity contribution < 1.29 is 0 Å². The van der Waals surface area contributed by atoms with Crippen LogP contribution in [0, 0.1) is 13.8 Å². The van der Waals surface area contributed by atoms with Gasteiger partial charge in [-0.15, -0.1) is 46.7 Å². The van der Waals surface area contributed by atoms with Gasteiger partial charge in [-0.2, -0.15) is 0 Å². The molecule has 0 atom stereocenters. The molecule has 1 aliphatic heterocycles. The van der Waals surface area contributed by atoms with E-state index in [9.17, 15) is 0 Å². The first kappa shape index (κ1) is 20.4. The number of hydrogen-bond donors (Lipinski definition) is 2. The minimum absolute atomic E-state index is 0. The lowest BCUT2D eigenvalue weighted by Crippen LogP contribution is -2.48. The normalized spacial score (nSPS) is 15.8. The third-order valence-electron chi connectivity index (χ3n) is 4.36. The Morgan fingerprint density at radius 3 is 2.68 bits per heavy atom. The van der Waals surface area contributed by atoms with Crippen molar-refractivity contribution >= 4 is 57.6 Å². The average molecular weight is 491 g/mol. The highest BCUT2D eigenvalue weighted by molar-refractivity contribution is 14.0. The lowest BCUT2D eigenvalue weighted by atomic mass is 10.1. The molecule has 3 rings (SSSR count). The molecule has 3 heterocycles. The van der Waals surface area contributed by atoms with Crippen molar-refractivity contribution in [3.8, 4) is 0 Å². The molecular weight excluding hydrogens is 465 g/mol. The molecule has 2 aromatic heterocycles. The maximum Gasteiger partial charge on any atom is 0.191 e. The van der Waals surface area contributed by atoms with Crippen LogP contribution in [0.1, 0.15) is 28.4 Å². The molecule has 2 aromatic rings. The highest BCUT2D eigenvalue weighted by Gasteiger charge is 2.20. The predicted octanol–water partition coefficient (Wildman–Crippen LogP) is 3.77. The number of piperidine rings is 1. The number of thiophene rings is 1. The average Bonchev–Trinajstić information content (AvgIpc) is 3.23. The molecule has 0 saturated carbocycles. The van der Waals surface area contributed by atoms with Crippen molar-refractivity contribution in [3.63, 3.8) is 0 Å². The summed E-state index contributed by atoms with van der Waals surface area (Å²) >= 11 is 3.57. The Balaban J connectivity index is 0.00000225. The number of rotatable bonds is 4. The molecule has 1 saturated heterocycles. The first-order valence-electron chi connectivity index (χ1n) is 8.34. The van der Waals surface area contributed by atoms with E-state index in [1.54, 1.807) is 11.3 Å². The Bertz CT molecular complexity index is 656. The van der Waals surface area contributed by atoms with Crippen LogP contribution in [0.2, 0.25) is 0 Å². The first-order valence-corrected chi connectivity index (χ1v) is 10.0. The van der Waals surface area contributed by atoms with Gasteiger partial charge in [0.25, 0.3) is 0 Å². The van der Waals surface area contributed by atoms with Gasteiger partial charge in [0.05, 0.1) is 17.2 Å². The second kappa shape index (κ2) is 9.72. The topological polar surface area (TPSA) is 52.6 Å². The smallest absolute Gasteiger partial charge is 0.191 e. The number of halogens is 1. The summed E-state index contributed by atoms with van der Waals surface area (Å²) in [6.45, 7) is 7.10. The number of aryl methyl sites for hydroxylation is 2. The van der Waals surface area contributed by atoms with E-state index in [0.29, 0.717) is 6.04 Å². The number of anilines is 1. The fourth-order valence-corrected chi connectivity index (χ4v) is 4.52. The van der Waals surface area contributed by atoms with Gasteiger partial charge in [0.1, 0.15) is 5.01 Å². The highest BCUT2D eigenvalue weighted by Crippen LogP contribution is 2.24. The molecule has 0 unspecified atom stereocenters. The van der Waals surface area contributed by atoms with Gasteiger partial charge in [0.2, 0.25) is 0 Å². The van der Waals surface area contributed by atoms with Crippen LogP contribution in [0.4, 0.5) is 5.00 Å². The number of aromatic nitrogens is 1. The fourth-order valence-electron chi connectivity index (χ4n) is 2.86. The molecule has 1 aliphatic rings. The van der Waals surface area contributed by atoms with Crippen molar-refractivity contribution in [2.45, 2.75) is 39.3 Å². The standard InChI is InChI=1S/C17H25N5S2.HI/c1-12-13(2)24-15(20-12)11-19-17(18-3)21-14-6-8-22(9-7-14)16-5-4-10-23-16;/h4-5,10,14H,6-9,11H2,1-3H3,(H2,18,19,21);1H. The van der Waals surface area contributed by atoms with Crippen LogP contribution in [0.15, 0.2) is 22.5 Å². The summed E-state index contributed by atoms with van der Waals surface area (Å²) in [5.74, 6) is 0.870. The van der Waals surface area contributed by atoms with Crippen LogP contribution in [0.3, 0.4) is 0 Å². The van der Waals surface area contributed by atoms with E-state index in [4.69, 9.17) is 0 Å². The SMILES string of the molecule is CN=C(NCc1nc(C)c(C)s1)NC1CCN(c2cccs2)CC1.I. The third-order valence-corrected chi connectivity index (χ3v) is 6.36. The van der Waals surface area contributed by atoms with Gasteiger partial charge in [-0.1, -0.05) is 0 Å². The van der Waals surface area contributed by atoms with Gasteiger partial charge in [0, 0.05) is 31.1 Å². The summed E-state index contributed by atoms with van der Waals surface area (Å²) < 4.78 is 0. The molecule has 138 valence electrons. The van der Waals surface area contributed by atoms with Crippen molar-refractivity contribution in [3.05, 3.63) is 33.1 Å². The Kier molecular flexibility index (Phi) is 7.95. The van der Waals surface area contributed by atoms with Crippen molar-refractivity contribution in [1.82, 2.24) is 15.6 Å². The third kappa shape index (κ3) is 5.55. The molecule has 25 heavy (non-hydrogen) atoms. The predicted molar refractivity (Wildman–Crippen MR) is 120 cm³/mol. The van der Waals surface area contributed by atoms with E-state index in [-0.39, 0.29) is 24.0 Å². The Labute approximate surface area is 175 Å². The Hall–Kier alpha value is -0.870. The van der Waals surface area contributed by atoms with Crippen LogP contribution < -0.4 is 15.5 Å². The van der Waals surface area contributed by atoms with E-state index in [1.165, 1.54) is 9.88 Å². The molecule has 0 radical (unpaired) electrons. The maximum absolute atomic E-state index is 4.57. The van der Waals surface area contributed by atoms with Crippen LogP contribution in [-0.4, -0.2) is 37.1 Å². The fraction of sp³-hybridized carbons (Fsp3) is 0.529. The van der Waals surface area contributed by atoms with E-state index < -0.39 is 0 Å². The molecule has 0 bridgehead atoms. The van der Waals surface area contributed by atoms with Crippen molar-refractivity contribution in [1.29, 1.82) is 0 Å². The zero-order chi connectivity index (χ0) is 16.9. The summed E-state index contributed by atoms with van der Waals surface area (Å²) in [6.07, 6.45) is 2.27. The number of guanidine groups is 1. The molecule has 0 spiro atoms. The summed E-state index contributed by atoms with van der Waals surface area (Å²) in [4.78, 5) is 12.7. The van der Waals surface area contributed by atoms with Gasteiger partial charge in [0.15, 0.2) is 5.96 Å². The summed E-state index contributed by atoms with van der Waals surface area (Å²) in [7, 11) is 1.83. The van der Waals surface area contributed by atoms with Gasteiger partial charge >= 0.3 is 0 Å². The van der Waals surface area contributed by atoms with Gasteiger partial charge in [-0.3, -0.25) is 4.99 Å². The molecule has 5 nitrogen and oxygen atoms in total. The van der Waals surface area contributed by atoms with Gasteiger partial charge < -0.3 is 15.5 Å². The minimum Gasteiger partial charge on any atom is -0.363 e. The number of aliphatic imine (C=N–C) groups is 1. The highest BCUT2D eigenvalue weighted by atomic mass is 127. The summed E-state index contributed by atoms with van der Waals surface area (Å²) in [5.41, 5.74) is 1.13. The van der Waals surface area contributed by atoms with Crippen LogP contribution in [0.5, 0.6) is 0 Å². The quantitative estimate of drug-likeness (QED) is 0.389. The number of nitrogens with one attached hydrogen (secondary N) is 2. The lowest BCUT2D eigenvalue weighted by molar-refractivity contribution is 0.462. The maximum atomic E-state index is 4.57. The molecule has 0 aliphatic carbocycles. The molecule has 2 N–H and O–H groups in total.